The topological polar surface area (TPSA) is 86.9 Å². The van der Waals surface area contributed by atoms with Gasteiger partial charge in [0.1, 0.15) is 10.6 Å². The van der Waals surface area contributed by atoms with Crippen LogP contribution in [0, 0.1) is 0 Å². The molecule has 1 heterocycles. The summed E-state index contributed by atoms with van der Waals surface area (Å²) in [6, 6.07) is 2.62. The molecule has 1 fully saturated rings. The maximum atomic E-state index is 12.5. The van der Waals surface area contributed by atoms with Crippen molar-refractivity contribution < 1.29 is 13.5 Å². The number of anilines is 1. The molecule has 0 spiro atoms. The van der Waals surface area contributed by atoms with Crippen LogP contribution in [0.15, 0.2) is 17.0 Å². The lowest BCUT2D eigenvalue weighted by molar-refractivity contribution is 0.222. The van der Waals surface area contributed by atoms with Gasteiger partial charge in [-0.3, -0.25) is 0 Å². The second-order valence-electron chi connectivity index (χ2n) is 4.52. The Labute approximate surface area is 117 Å². The second-order valence-corrected chi connectivity index (χ2v) is 6.78. The number of hydrogen-bond acceptors (Lipinski definition) is 5. The van der Waals surface area contributed by atoms with Crippen molar-refractivity contribution in [1.29, 1.82) is 0 Å². The van der Waals surface area contributed by atoms with Crippen molar-refractivity contribution in [3.05, 3.63) is 17.2 Å². The van der Waals surface area contributed by atoms with E-state index in [2.05, 4.69) is 0 Å². The molecule has 0 aromatic heterocycles. The number of aromatic hydroxyl groups is 1. The summed E-state index contributed by atoms with van der Waals surface area (Å²) in [5.41, 5.74) is 5.74. The summed E-state index contributed by atoms with van der Waals surface area (Å²) in [6.07, 6.45) is 0. The number of rotatable bonds is 2. The van der Waals surface area contributed by atoms with Crippen LogP contribution in [0.4, 0.5) is 5.69 Å². The molecule has 2 rings (SSSR count). The molecule has 19 heavy (non-hydrogen) atoms. The molecule has 0 radical (unpaired) electrons. The molecule has 8 heteroatoms. The average Bonchev–Trinajstić information content (AvgIpc) is 2.34. The Bertz CT molecular complexity index is 583. The summed E-state index contributed by atoms with van der Waals surface area (Å²) in [4.78, 5) is 1.73. The minimum absolute atomic E-state index is 0.126. The van der Waals surface area contributed by atoms with Crippen molar-refractivity contribution in [1.82, 2.24) is 9.21 Å². The number of halogens is 1. The molecular weight excluding hydrogens is 290 g/mol. The van der Waals surface area contributed by atoms with E-state index < -0.39 is 10.0 Å². The monoisotopic (exact) mass is 305 g/mol. The van der Waals surface area contributed by atoms with Crippen molar-refractivity contribution in [3.8, 4) is 5.75 Å². The van der Waals surface area contributed by atoms with E-state index in [0.717, 1.165) is 0 Å². The summed E-state index contributed by atoms with van der Waals surface area (Å²) in [7, 11) is -1.90. The number of hydrogen-bond donors (Lipinski definition) is 2. The van der Waals surface area contributed by atoms with Gasteiger partial charge in [-0.15, -0.1) is 0 Å². The highest BCUT2D eigenvalue weighted by molar-refractivity contribution is 7.89. The summed E-state index contributed by atoms with van der Waals surface area (Å²) < 4.78 is 26.3. The van der Waals surface area contributed by atoms with Crippen LogP contribution < -0.4 is 5.73 Å². The van der Waals surface area contributed by atoms with Crippen molar-refractivity contribution in [2.75, 3.05) is 39.0 Å². The number of nitrogen functional groups attached to an aromatic ring is 1. The van der Waals surface area contributed by atoms with Gasteiger partial charge < -0.3 is 15.7 Å². The molecule has 0 bridgehead atoms. The molecule has 6 nitrogen and oxygen atoms in total. The molecule has 0 unspecified atom stereocenters. The van der Waals surface area contributed by atoms with Gasteiger partial charge in [0.2, 0.25) is 10.0 Å². The third-order valence-corrected chi connectivity index (χ3v) is 5.66. The van der Waals surface area contributed by atoms with Crippen LogP contribution in [0.25, 0.3) is 0 Å². The minimum Gasteiger partial charge on any atom is -0.506 e. The third kappa shape index (κ3) is 2.64. The number of sulfonamides is 1. The van der Waals surface area contributed by atoms with Gasteiger partial charge >= 0.3 is 0 Å². The first-order valence-corrected chi connectivity index (χ1v) is 7.61. The van der Waals surface area contributed by atoms with Gasteiger partial charge in [0, 0.05) is 26.2 Å². The van der Waals surface area contributed by atoms with Crippen LogP contribution in [0.3, 0.4) is 0 Å². The van der Waals surface area contributed by atoms with E-state index in [1.54, 1.807) is 0 Å². The molecule has 1 aromatic rings. The van der Waals surface area contributed by atoms with Crippen LogP contribution in [-0.2, 0) is 10.0 Å². The van der Waals surface area contributed by atoms with Crippen LogP contribution in [0.5, 0.6) is 5.75 Å². The van der Waals surface area contributed by atoms with E-state index in [9.17, 15) is 13.5 Å². The fourth-order valence-corrected chi connectivity index (χ4v) is 4.00. The normalized spacial score (nSPS) is 18.6. The average molecular weight is 306 g/mol. The van der Waals surface area contributed by atoms with E-state index in [4.69, 9.17) is 17.3 Å². The molecule has 0 saturated carbocycles. The first-order valence-electron chi connectivity index (χ1n) is 5.79. The number of piperazine rings is 1. The van der Waals surface area contributed by atoms with E-state index in [-0.39, 0.29) is 21.4 Å². The molecule has 0 amide bonds. The van der Waals surface area contributed by atoms with Crippen molar-refractivity contribution in [2.45, 2.75) is 4.90 Å². The van der Waals surface area contributed by atoms with Crippen molar-refractivity contribution in [3.63, 3.8) is 0 Å². The molecule has 106 valence electrons. The zero-order valence-electron chi connectivity index (χ0n) is 10.5. The van der Waals surface area contributed by atoms with Crippen molar-refractivity contribution >= 4 is 27.3 Å². The summed E-state index contributed by atoms with van der Waals surface area (Å²) >= 11 is 5.93. The molecule has 0 atom stereocenters. The quantitative estimate of drug-likeness (QED) is 0.616. The SMILES string of the molecule is CN1CCN(S(=O)(=O)c2c(O)ccc(N)c2Cl)CC1. The number of nitrogens with two attached hydrogens (primary N) is 1. The zero-order chi connectivity index (χ0) is 14.2. The maximum Gasteiger partial charge on any atom is 0.248 e. The van der Waals surface area contributed by atoms with Gasteiger partial charge in [-0.05, 0) is 19.2 Å². The van der Waals surface area contributed by atoms with E-state index in [1.807, 2.05) is 11.9 Å². The third-order valence-electron chi connectivity index (χ3n) is 3.17. The molecule has 0 aliphatic carbocycles. The Kier molecular flexibility index (Phi) is 3.91. The predicted molar refractivity (Wildman–Crippen MR) is 73.8 cm³/mol. The number of phenols is 1. The Morgan fingerprint density at radius 2 is 1.84 bits per heavy atom. The number of phenolic OH excluding ortho intramolecular Hbond substituents is 1. The summed E-state index contributed by atoms with van der Waals surface area (Å²) in [6.45, 7) is 2.01. The van der Waals surface area contributed by atoms with E-state index in [0.29, 0.717) is 26.2 Å². The largest absolute Gasteiger partial charge is 0.506 e. The molecular formula is C11H16ClN3O3S. The molecule has 1 saturated heterocycles. The summed E-state index contributed by atoms with van der Waals surface area (Å²) in [5, 5.41) is 9.65. The molecule has 1 aliphatic rings. The van der Waals surface area contributed by atoms with E-state index >= 15 is 0 Å². The van der Waals surface area contributed by atoms with Gasteiger partial charge in [-0.1, -0.05) is 11.6 Å². The van der Waals surface area contributed by atoms with Crippen molar-refractivity contribution in [2.24, 2.45) is 0 Å². The first kappa shape index (κ1) is 14.4. The van der Waals surface area contributed by atoms with Crippen LogP contribution in [-0.4, -0.2) is 56.0 Å². The molecule has 1 aromatic carbocycles. The number of benzene rings is 1. The fraction of sp³-hybridized carbons (Fsp3) is 0.455. The van der Waals surface area contributed by atoms with Crippen LogP contribution in [0.1, 0.15) is 0 Å². The highest BCUT2D eigenvalue weighted by Crippen LogP contribution is 2.36. The van der Waals surface area contributed by atoms with E-state index in [1.165, 1.54) is 16.4 Å². The molecule has 1 aliphatic heterocycles. The number of likely N-dealkylation sites (N-methyl/N-ethyl adjacent to an activating group) is 1. The van der Waals surface area contributed by atoms with Gasteiger partial charge in [-0.25, -0.2) is 8.42 Å². The Morgan fingerprint density at radius 3 is 2.42 bits per heavy atom. The van der Waals surface area contributed by atoms with Crippen LogP contribution in [0.2, 0.25) is 5.02 Å². The summed E-state index contributed by atoms with van der Waals surface area (Å²) in [5.74, 6) is -0.377. The Balaban J connectivity index is 2.43. The minimum atomic E-state index is -3.82. The lowest BCUT2D eigenvalue weighted by atomic mass is 10.3. The molecule has 3 N–H and O–H groups in total. The fourth-order valence-electron chi connectivity index (χ4n) is 1.96. The van der Waals surface area contributed by atoms with Gasteiger partial charge in [0.05, 0.1) is 10.7 Å². The lowest BCUT2D eigenvalue weighted by Gasteiger charge is -2.31. The van der Waals surface area contributed by atoms with Gasteiger partial charge in [0.25, 0.3) is 0 Å². The predicted octanol–water partition coefficient (Wildman–Crippen LogP) is 0.564. The van der Waals surface area contributed by atoms with Crippen LogP contribution >= 0.6 is 11.6 Å². The highest BCUT2D eigenvalue weighted by atomic mass is 35.5. The highest BCUT2D eigenvalue weighted by Gasteiger charge is 2.32. The zero-order valence-corrected chi connectivity index (χ0v) is 12.1. The van der Waals surface area contributed by atoms with Gasteiger partial charge in [-0.2, -0.15) is 4.31 Å². The smallest absolute Gasteiger partial charge is 0.248 e. The second kappa shape index (κ2) is 5.16. The Morgan fingerprint density at radius 1 is 1.26 bits per heavy atom. The lowest BCUT2D eigenvalue weighted by Crippen LogP contribution is -2.47. The first-order chi connectivity index (χ1) is 8.84. The maximum absolute atomic E-state index is 12.5. The Hall–Kier alpha value is -1.02. The number of nitrogens with zero attached hydrogens (tertiary/aromatic N) is 2. The van der Waals surface area contributed by atoms with Gasteiger partial charge in [0.15, 0.2) is 0 Å². The standard InChI is InChI=1S/C11H16ClN3O3S/c1-14-4-6-15(7-5-14)19(17,18)11-9(16)3-2-8(13)10(11)12/h2-3,16H,4-7,13H2,1H3.